The van der Waals surface area contributed by atoms with Crippen molar-refractivity contribution in [2.45, 2.75) is 76.4 Å². The third-order valence-corrected chi connectivity index (χ3v) is 9.58. The quantitative estimate of drug-likeness (QED) is 0.550. The normalized spacial score (nSPS) is 28.3. The molecule has 1 saturated heterocycles. The SMILES string of the molecule is CO[C@H]1CC[C@H](CC(=O)N[C@H]2CC[C@H](CCN3CCN(c4nccc5sccc45)CC3)CC2)CC1. The van der Waals surface area contributed by atoms with E-state index in [2.05, 4.69) is 32.6 Å². The van der Waals surface area contributed by atoms with E-state index < -0.39 is 0 Å². The van der Waals surface area contributed by atoms with Crippen LogP contribution in [0.15, 0.2) is 23.7 Å². The number of pyridine rings is 1. The molecular formula is C28H42N4O2S. The van der Waals surface area contributed by atoms with Crippen LogP contribution in [-0.2, 0) is 9.53 Å². The molecule has 2 aromatic rings. The Kier molecular flexibility index (Phi) is 8.58. The Morgan fingerprint density at radius 2 is 1.77 bits per heavy atom. The van der Waals surface area contributed by atoms with Crippen molar-refractivity contribution in [2.75, 3.05) is 44.7 Å². The second-order valence-electron chi connectivity index (χ2n) is 11.0. The number of carbonyl (C=O) groups excluding carboxylic acids is 1. The summed E-state index contributed by atoms with van der Waals surface area (Å²) in [4.78, 5) is 22.4. The lowest BCUT2D eigenvalue weighted by Gasteiger charge is -2.37. The van der Waals surface area contributed by atoms with Crippen LogP contribution in [0.3, 0.4) is 0 Å². The highest BCUT2D eigenvalue weighted by atomic mass is 32.1. The Morgan fingerprint density at radius 3 is 2.51 bits per heavy atom. The second kappa shape index (κ2) is 12.0. The van der Waals surface area contributed by atoms with Gasteiger partial charge in [0.2, 0.25) is 5.91 Å². The van der Waals surface area contributed by atoms with Gasteiger partial charge in [-0.05, 0) is 93.7 Å². The van der Waals surface area contributed by atoms with Crippen molar-refractivity contribution in [2.24, 2.45) is 11.8 Å². The zero-order chi connectivity index (χ0) is 24.0. The summed E-state index contributed by atoms with van der Waals surface area (Å²) in [6.07, 6.45) is 13.7. The summed E-state index contributed by atoms with van der Waals surface area (Å²) in [6, 6.07) is 4.72. The van der Waals surface area contributed by atoms with Gasteiger partial charge in [0.05, 0.1) is 6.10 Å². The molecule has 1 amide bonds. The average molecular weight is 499 g/mol. The molecule has 2 aliphatic carbocycles. The van der Waals surface area contributed by atoms with Crippen molar-refractivity contribution in [1.29, 1.82) is 0 Å². The number of aromatic nitrogens is 1. The van der Waals surface area contributed by atoms with Gasteiger partial charge in [0, 0.05) is 62.0 Å². The molecule has 3 aliphatic rings. The zero-order valence-electron chi connectivity index (χ0n) is 21.3. The highest BCUT2D eigenvalue weighted by Crippen LogP contribution is 2.31. The fourth-order valence-electron chi connectivity index (χ4n) is 6.40. The average Bonchev–Trinajstić information content (AvgIpc) is 3.38. The summed E-state index contributed by atoms with van der Waals surface area (Å²) in [5, 5.41) is 6.82. The number of methoxy groups -OCH3 is 1. The number of piperazine rings is 1. The van der Waals surface area contributed by atoms with Gasteiger partial charge in [-0.2, -0.15) is 0 Å². The molecule has 5 rings (SSSR count). The predicted molar refractivity (Wildman–Crippen MR) is 144 cm³/mol. The standard InChI is InChI=1S/C28H42N4O2S/c1-34-24-8-4-22(5-9-24)20-27(33)30-23-6-2-21(3-7-23)11-14-31-15-17-32(18-16-31)28-25-12-19-35-26(25)10-13-29-28/h10,12-13,19,21-24H,2-9,11,14-18,20H2,1H3,(H,30,33)/t21-,22-,23-,24-. The lowest BCUT2D eigenvalue weighted by atomic mass is 9.83. The molecule has 3 heterocycles. The summed E-state index contributed by atoms with van der Waals surface area (Å²) in [5.74, 6) is 2.80. The molecule has 0 unspecified atom stereocenters. The van der Waals surface area contributed by atoms with Crippen LogP contribution in [0.1, 0.15) is 64.2 Å². The summed E-state index contributed by atoms with van der Waals surface area (Å²) < 4.78 is 6.79. The van der Waals surface area contributed by atoms with E-state index in [1.54, 1.807) is 18.4 Å². The lowest BCUT2D eigenvalue weighted by Crippen LogP contribution is -2.47. The maximum Gasteiger partial charge on any atom is 0.220 e. The molecular weight excluding hydrogens is 456 g/mol. The molecule has 7 heteroatoms. The molecule has 1 N–H and O–H groups in total. The first-order chi connectivity index (χ1) is 17.2. The van der Waals surface area contributed by atoms with Gasteiger partial charge < -0.3 is 15.0 Å². The summed E-state index contributed by atoms with van der Waals surface area (Å²) in [7, 11) is 1.81. The summed E-state index contributed by atoms with van der Waals surface area (Å²) in [5.41, 5.74) is 0. The zero-order valence-corrected chi connectivity index (χ0v) is 22.1. The number of hydrogen-bond acceptors (Lipinski definition) is 6. The molecule has 3 fully saturated rings. The fraction of sp³-hybridized carbons (Fsp3) is 0.714. The maximum absolute atomic E-state index is 12.6. The predicted octanol–water partition coefficient (Wildman–Crippen LogP) is 5.08. The number of anilines is 1. The smallest absolute Gasteiger partial charge is 0.220 e. The highest BCUT2D eigenvalue weighted by molar-refractivity contribution is 7.17. The maximum atomic E-state index is 12.6. The van der Waals surface area contributed by atoms with Gasteiger partial charge >= 0.3 is 0 Å². The highest BCUT2D eigenvalue weighted by Gasteiger charge is 2.27. The molecule has 35 heavy (non-hydrogen) atoms. The van der Waals surface area contributed by atoms with E-state index in [-0.39, 0.29) is 5.91 Å². The number of nitrogens with zero attached hydrogens (tertiary/aromatic N) is 3. The Bertz CT molecular complexity index is 941. The molecule has 0 bridgehead atoms. The number of carbonyl (C=O) groups is 1. The van der Waals surface area contributed by atoms with Crippen LogP contribution < -0.4 is 10.2 Å². The van der Waals surface area contributed by atoms with Crippen molar-refractivity contribution in [3.05, 3.63) is 23.7 Å². The first-order valence-electron chi connectivity index (χ1n) is 13.8. The fourth-order valence-corrected chi connectivity index (χ4v) is 7.17. The molecule has 192 valence electrons. The Hall–Kier alpha value is -1.70. The van der Waals surface area contributed by atoms with Gasteiger partial charge in [-0.3, -0.25) is 9.69 Å². The number of hydrogen-bond donors (Lipinski definition) is 1. The number of rotatable bonds is 8. The third-order valence-electron chi connectivity index (χ3n) is 8.70. The minimum absolute atomic E-state index is 0.278. The van der Waals surface area contributed by atoms with E-state index in [0.717, 1.165) is 76.4 Å². The first-order valence-corrected chi connectivity index (χ1v) is 14.7. The van der Waals surface area contributed by atoms with Gasteiger partial charge in [-0.25, -0.2) is 4.98 Å². The van der Waals surface area contributed by atoms with Crippen molar-refractivity contribution in [3.8, 4) is 0 Å². The van der Waals surface area contributed by atoms with E-state index in [1.807, 2.05) is 6.20 Å². The second-order valence-corrected chi connectivity index (χ2v) is 11.9. The van der Waals surface area contributed by atoms with Crippen LogP contribution in [0.25, 0.3) is 10.1 Å². The Balaban J connectivity index is 0.970. The number of ether oxygens (including phenoxy) is 1. The molecule has 0 atom stereocenters. The van der Waals surface area contributed by atoms with Crippen LogP contribution in [0.5, 0.6) is 0 Å². The van der Waals surface area contributed by atoms with Gasteiger partial charge in [0.1, 0.15) is 5.82 Å². The first kappa shape index (κ1) is 25.0. The molecule has 1 aliphatic heterocycles. The molecule has 0 radical (unpaired) electrons. The van der Waals surface area contributed by atoms with Gasteiger partial charge in [0.15, 0.2) is 0 Å². The largest absolute Gasteiger partial charge is 0.381 e. The Labute approximate surface area is 214 Å². The van der Waals surface area contributed by atoms with E-state index in [0.29, 0.717) is 24.5 Å². The summed E-state index contributed by atoms with van der Waals surface area (Å²) >= 11 is 1.80. The minimum Gasteiger partial charge on any atom is -0.381 e. The topological polar surface area (TPSA) is 57.7 Å². The van der Waals surface area contributed by atoms with Crippen molar-refractivity contribution in [3.63, 3.8) is 0 Å². The van der Waals surface area contributed by atoms with Crippen LogP contribution in [0.2, 0.25) is 0 Å². The van der Waals surface area contributed by atoms with E-state index in [9.17, 15) is 4.79 Å². The van der Waals surface area contributed by atoms with E-state index in [4.69, 9.17) is 9.72 Å². The van der Waals surface area contributed by atoms with Crippen molar-refractivity contribution in [1.82, 2.24) is 15.2 Å². The van der Waals surface area contributed by atoms with E-state index in [1.165, 1.54) is 35.9 Å². The molecule has 0 aromatic carbocycles. The van der Waals surface area contributed by atoms with Gasteiger partial charge in [0.25, 0.3) is 0 Å². The monoisotopic (exact) mass is 498 g/mol. The molecule has 0 spiro atoms. The van der Waals surface area contributed by atoms with Gasteiger partial charge in [-0.1, -0.05) is 0 Å². The molecule has 2 saturated carbocycles. The van der Waals surface area contributed by atoms with E-state index >= 15 is 0 Å². The number of fused-ring (bicyclic) bond motifs is 1. The van der Waals surface area contributed by atoms with Crippen molar-refractivity contribution < 1.29 is 9.53 Å². The van der Waals surface area contributed by atoms with Crippen LogP contribution in [0, 0.1) is 11.8 Å². The minimum atomic E-state index is 0.278. The lowest BCUT2D eigenvalue weighted by molar-refractivity contribution is -0.123. The van der Waals surface area contributed by atoms with Crippen LogP contribution in [0.4, 0.5) is 5.82 Å². The van der Waals surface area contributed by atoms with Crippen LogP contribution in [-0.4, -0.2) is 67.8 Å². The third kappa shape index (κ3) is 6.55. The van der Waals surface area contributed by atoms with Crippen molar-refractivity contribution >= 4 is 33.1 Å². The summed E-state index contributed by atoms with van der Waals surface area (Å²) in [6.45, 7) is 5.58. The molecule has 2 aromatic heterocycles. The number of amides is 1. The number of thiophene rings is 1. The molecule has 6 nitrogen and oxygen atoms in total. The Morgan fingerprint density at radius 1 is 1.03 bits per heavy atom. The van der Waals surface area contributed by atoms with Crippen LogP contribution >= 0.6 is 11.3 Å². The van der Waals surface area contributed by atoms with Gasteiger partial charge in [-0.15, -0.1) is 11.3 Å². The number of nitrogens with one attached hydrogen (secondary N) is 1.